The number of ether oxygens (including phenoxy) is 2. The Morgan fingerprint density at radius 3 is 2.77 bits per heavy atom. The maximum Gasteiger partial charge on any atom is 0.272 e. The summed E-state index contributed by atoms with van der Waals surface area (Å²) in [6, 6.07) is 3.24. The second-order valence-electron chi connectivity index (χ2n) is 7.76. The molecule has 3 aliphatic heterocycles. The second kappa shape index (κ2) is 9.08. The topological polar surface area (TPSA) is 96.0 Å². The van der Waals surface area contributed by atoms with Crippen LogP contribution in [0.4, 0.5) is 10.1 Å². The summed E-state index contributed by atoms with van der Waals surface area (Å²) in [6.07, 6.45) is 1.16. The zero-order valence-corrected chi connectivity index (χ0v) is 17.5. The maximum absolute atomic E-state index is 14.3. The van der Waals surface area contributed by atoms with Crippen LogP contribution in [0, 0.1) is 15.9 Å². The van der Waals surface area contributed by atoms with Gasteiger partial charge in [-0.3, -0.25) is 20.0 Å². The van der Waals surface area contributed by atoms with E-state index in [1.54, 1.807) is 5.01 Å². The number of nitro groups is 1. The van der Waals surface area contributed by atoms with E-state index < -0.39 is 10.7 Å². The van der Waals surface area contributed by atoms with Crippen molar-refractivity contribution >= 4 is 17.9 Å². The van der Waals surface area contributed by atoms with Crippen molar-refractivity contribution in [1.82, 2.24) is 14.8 Å². The number of likely N-dealkylation sites (N-methyl/N-ethyl adjacent to an activating group) is 1. The fourth-order valence-corrected chi connectivity index (χ4v) is 3.77. The van der Waals surface area contributed by atoms with Crippen LogP contribution in [0.25, 0.3) is 0 Å². The monoisotopic (exact) mass is 432 g/mol. The largest absolute Gasteiger partial charge is 0.434 e. The molecule has 1 aromatic carbocycles. The number of rotatable bonds is 6. The molecule has 0 bridgehead atoms. The second-order valence-corrected chi connectivity index (χ2v) is 7.76. The molecule has 4 rings (SSSR count). The quantitative estimate of drug-likeness (QED) is 0.499. The molecular formula is C20H25FN6O4. The van der Waals surface area contributed by atoms with Crippen LogP contribution in [-0.4, -0.2) is 91.0 Å². The van der Waals surface area contributed by atoms with Crippen LogP contribution < -0.4 is 4.74 Å². The van der Waals surface area contributed by atoms with Crippen LogP contribution in [0.5, 0.6) is 5.75 Å². The van der Waals surface area contributed by atoms with Crippen molar-refractivity contribution in [3.63, 3.8) is 0 Å². The third kappa shape index (κ3) is 4.73. The lowest BCUT2D eigenvalue weighted by Crippen LogP contribution is -2.45. The Morgan fingerprint density at radius 2 is 2.06 bits per heavy atom. The van der Waals surface area contributed by atoms with E-state index in [0.717, 1.165) is 44.4 Å². The Balaban J connectivity index is 1.40. The van der Waals surface area contributed by atoms with Crippen LogP contribution >= 0.6 is 0 Å². The van der Waals surface area contributed by atoms with Gasteiger partial charge in [0, 0.05) is 38.8 Å². The van der Waals surface area contributed by atoms with Gasteiger partial charge in [0.25, 0.3) is 5.69 Å². The molecule has 1 aromatic rings. The van der Waals surface area contributed by atoms with Crippen molar-refractivity contribution in [3.8, 4) is 5.75 Å². The van der Waals surface area contributed by atoms with Crippen molar-refractivity contribution in [1.29, 1.82) is 0 Å². The lowest BCUT2D eigenvalue weighted by molar-refractivity contribution is -0.385. The summed E-state index contributed by atoms with van der Waals surface area (Å²) in [4.78, 5) is 19.0. The molecule has 0 spiro atoms. The van der Waals surface area contributed by atoms with Gasteiger partial charge in [-0.1, -0.05) is 0 Å². The van der Waals surface area contributed by atoms with E-state index in [0.29, 0.717) is 18.8 Å². The molecule has 3 aliphatic rings. The Labute approximate surface area is 179 Å². The van der Waals surface area contributed by atoms with E-state index >= 15 is 0 Å². The van der Waals surface area contributed by atoms with Crippen LogP contribution in [0.15, 0.2) is 39.6 Å². The highest BCUT2D eigenvalue weighted by atomic mass is 19.1. The molecule has 1 fully saturated rings. The van der Waals surface area contributed by atoms with Gasteiger partial charge in [-0.2, -0.15) is 10.1 Å². The summed E-state index contributed by atoms with van der Waals surface area (Å²) in [5.41, 5.74) is 1.19. The molecule has 11 heteroatoms. The number of hydrogen-bond donors (Lipinski definition) is 0. The minimum absolute atomic E-state index is 0.140. The zero-order valence-electron chi connectivity index (χ0n) is 17.5. The fourth-order valence-electron chi connectivity index (χ4n) is 3.77. The minimum atomic E-state index is -0.831. The number of hydrazone groups is 1. The number of nitrogens with zero attached hydrogens (tertiary/aromatic N) is 6. The third-order valence-corrected chi connectivity index (χ3v) is 5.68. The standard InChI is InChI=1S/C20H25FN6O4/c1-14-18(30-10-9-25-7-5-24(2)6-8-25)12-26-19(14)20(22-13-23-26)31-17-4-3-15(27(28)29)11-16(17)21/h3-4,11,13,18H,5-10,12H2,1-2H3. The van der Waals surface area contributed by atoms with E-state index in [9.17, 15) is 14.5 Å². The molecule has 0 amide bonds. The van der Waals surface area contributed by atoms with Crippen LogP contribution in [0.1, 0.15) is 6.92 Å². The molecule has 1 saturated heterocycles. The molecule has 31 heavy (non-hydrogen) atoms. The normalized spacial score (nSPS) is 22.0. The summed E-state index contributed by atoms with van der Waals surface area (Å²) >= 11 is 0. The van der Waals surface area contributed by atoms with Gasteiger partial charge in [0.05, 0.1) is 24.1 Å². The van der Waals surface area contributed by atoms with Gasteiger partial charge in [-0.25, -0.2) is 4.39 Å². The lowest BCUT2D eigenvalue weighted by atomic mass is 10.2. The van der Waals surface area contributed by atoms with Crippen molar-refractivity contribution in [3.05, 3.63) is 45.4 Å². The number of aliphatic imine (C=N–C) groups is 1. The number of fused-ring (bicyclic) bond motifs is 1. The Morgan fingerprint density at radius 1 is 1.29 bits per heavy atom. The SMILES string of the molecule is CC1=C2C(Oc3ccc([N+](=O)[O-])cc3F)=NC=NN2CC1OCCN1CCN(C)CC1. The number of nitro benzene ring substituents is 1. The molecule has 1 atom stereocenters. The average Bonchev–Trinajstić information content (AvgIpc) is 3.07. The van der Waals surface area contributed by atoms with Gasteiger partial charge in [0.2, 0.25) is 5.90 Å². The van der Waals surface area contributed by atoms with Gasteiger partial charge < -0.3 is 14.4 Å². The third-order valence-electron chi connectivity index (χ3n) is 5.68. The van der Waals surface area contributed by atoms with E-state index in [2.05, 4.69) is 26.9 Å². The molecule has 0 aliphatic carbocycles. The summed E-state index contributed by atoms with van der Waals surface area (Å²) in [6.45, 7) is 8.09. The first-order valence-corrected chi connectivity index (χ1v) is 10.2. The number of non-ortho nitro benzene ring substituents is 1. The molecule has 0 aromatic heterocycles. The van der Waals surface area contributed by atoms with E-state index in [-0.39, 0.29) is 23.4 Å². The first-order valence-electron chi connectivity index (χ1n) is 10.2. The van der Waals surface area contributed by atoms with Crippen LogP contribution in [0.3, 0.4) is 0 Å². The summed E-state index contributed by atoms with van der Waals surface area (Å²) in [7, 11) is 2.13. The molecule has 10 nitrogen and oxygen atoms in total. The van der Waals surface area contributed by atoms with Crippen molar-refractivity contribution in [2.45, 2.75) is 13.0 Å². The van der Waals surface area contributed by atoms with Gasteiger partial charge in [-0.05, 0) is 25.6 Å². The van der Waals surface area contributed by atoms with Gasteiger partial charge in [-0.15, -0.1) is 0 Å². The summed E-state index contributed by atoms with van der Waals surface area (Å²) < 4.78 is 26.0. The van der Waals surface area contributed by atoms with Crippen molar-refractivity contribution in [2.75, 3.05) is 52.9 Å². The number of benzene rings is 1. The van der Waals surface area contributed by atoms with Gasteiger partial charge in [0.15, 0.2) is 11.6 Å². The first-order chi connectivity index (χ1) is 14.9. The van der Waals surface area contributed by atoms with E-state index in [1.807, 2.05) is 6.92 Å². The lowest BCUT2D eigenvalue weighted by Gasteiger charge is -2.32. The fraction of sp³-hybridized carbons (Fsp3) is 0.500. The smallest absolute Gasteiger partial charge is 0.272 e. The Hall–Kier alpha value is -2.89. The molecule has 0 saturated carbocycles. The van der Waals surface area contributed by atoms with Crippen LogP contribution in [0.2, 0.25) is 0 Å². The highest BCUT2D eigenvalue weighted by Crippen LogP contribution is 2.30. The predicted molar refractivity (Wildman–Crippen MR) is 113 cm³/mol. The van der Waals surface area contributed by atoms with Crippen molar-refractivity contribution < 1.29 is 18.8 Å². The van der Waals surface area contributed by atoms with E-state index in [1.165, 1.54) is 18.5 Å². The zero-order chi connectivity index (χ0) is 22.0. The van der Waals surface area contributed by atoms with Crippen molar-refractivity contribution in [2.24, 2.45) is 10.1 Å². The number of piperazine rings is 1. The minimum Gasteiger partial charge on any atom is -0.434 e. The van der Waals surface area contributed by atoms with E-state index in [4.69, 9.17) is 9.47 Å². The molecular weight excluding hydrogens is 407 g/mol. The summed E-state index contributed by atoms with van der Waals surface area (Å²) in [5.74, 6) is -0.785. The number of halogens is 1. The van der Waals surface area contributed by atoms with Gasteiger partial charge >= 0.3 is 0 Å². The molecule has 166 valence electrons. The Kier molecular flexibility index (Phi) is 6.25. The maximum atomic E-state index is 14.3. The highest BCUT2D eigenvalue weighted by molar-refractivity contribution is 6.01. The molecule has 1 unspecified atom stereocenters. The number of hydrogen-bond acceptors (Lipinski definition) is 9. The summed E-state index contributed by atoms with van der Waals surface area (Å²) in [5, 5.41) is 16.8. The molecule has 3 heterocycles. The van der Waals surface area contributed by atoms with Gasteiger partial charge in [0.1, 0.15) is 18.1 Å². The highest BCUT2D eigenvalue weighted by Gasteiger charge is 2.35. The molecule has 0 N–H and O–H groups in total. The average molecular weight is 432 g/mol. The first kappa shape index (κ1) is 21.3. The Bertz CT molecular complexity index is 942. The molecule has 0 radical (unpaired) electrons. The van der Waals surface area contributed by atoms with Crippen LogP contribution in [-0.2, 0) is 4.74 Å². The predicted octanol–water partition coefficient (Wildman–Crippen LogP) is 1.69.